The number of benzene rings is 1. The van der Waals surface area contributed by atoms with Crippen molar-refractivity contribution in [2.24, 2.45) is 0 Å². The predicted molar refractivity (Wildman–Crippen MR) is 81.1 cm³/mol. The normalized spacial score (nSPS) is 11.7. The van der Waals surface area contributed by atoms with E-state index < -0.39 is 8.80 Å². The van der Waals surface area contributed by atoms with Gasteiger partial charge in [-0.3, -0.25) is 0 Å². The Morgan fingerprint density at radius 2 is 1.68 bits per heavy atom. The van der Waals surface area contributed by atoms with E-state index in [9.17, 15) is 0 Å². The van der Waals surface area contributed by atoms with Crippen LogP contribution in [-0.2, 0) is 13.3 Å². The molecule has 0 heterocycles. The zero-order valence-corrected chi connectivity index (χ0v) is 14.7. The van der Waals surface area contributed by atoms with Gasteiger partial charge in [0.15, 0.2) is 0 Å². The minimum absolute atomic E-state index is 0.635. The van der Waals surface area contributed by atoms with E-state index in [0.29, 0.717) is 6.61 Å². The van der Waals surface area contributed by atoms with Gasteiger partial charge in [0.05, 0.1) is 16.3 Å². The zero-order valence-electron chi connectivity index (χ0n) is 12.1. The van der Waals surface area contributed by atoms with Crippen LogP contribution in [0.25, 0.3) is 0 Å². The maximum Gasteiger partial charge on any atom is 0.540 e. The van der Waals surface area contributed by atoms with Crippen LogP contribution in [0.2, 0.25) is 0 Å². The lowest BCUT2D eigenvalue weighted by molar-refractivity contribution is 0.139. The quantitative estimate of drug-likeness (QED) is 0.709. The minimum atomic E-state index is -2.91. The molecule has 1 rings (SSSR count). The molecule has 0 fully saturated rings. The molecule has 0 atom stereocenters. The van der Waals surface area contributed by atoms with Gasteiger partial charge in [-0.25, -0.2) is 0 Å². The van der Waals surface area contributed by atoms with Crippen LogP contribution in [0.5, 0.6) is 5.75 Å². The van der Waals surface area contributed by atoms with Gasteiger partial charge >= 0.3 is 8.80 Å². The average molecular weight is 349 g/mol. The van der Waals surface area contributed by atoms with E-state index in [1.165, 1.54) is 0 Å². The van der Waals surface area contributed by atoms with Crippen molar-refractivity contribution < 1.29 is 18.0 Å². The molecule has 0 aliphatic carbocycles. The Balaban J connectivity index is 3.37. The number of hydrogen-bond acceptors (Lipinski definition) is 4. The summed E-state index contributed by atoms with van der Waals surface area (Å²) in [6.07, 6.45) is 0.932. The van der Waals surface area contributed by atoms with E-state index in [2.05, 4.69) is 22.9 Å². The van der Waals surface area contributed by atoms with Gasteiger partial charge in [-0.15, -0.1) is 0 Å². The van der Waals surface area contributed by atoms with Crippen LogP contribution in [0.15, 0.2) is 16.6 Å². The van der Waals surface area contributed by atoms with Crippen LogP contribution in [-0.4, -0.2) is 36.7 Å². The van der Waals surface area contributed by atoms with Crippen LogP contribution in [0, 0.1) is 6.92 Å². The first kappa shape index (κ1) is 16.7. The molecule has 0 aromatic heterocycles. The lowest BCUT2D eigenvalue weighted by Gasteiger charge is -2.27. The highest BCUT2D eigenvalue weighted by atomic mass is 79.9. The third-order valence-electron chi connectivity index (χ3n) is 2.77. The fourth-order valence-corrected chi connectivity index (χ4v) is 4.81. The molecule has 0 spiro atoms. The summed E-state index contributed by atoms with van der Waals surface area (Å²) in [5, 5.41) is 0.848. The Morgan fingerprint density at radius 1 is 1.11 bits per heavy atom. The maximum atomic E-state index is 5.83. The second-order valence-electron chi connectivity index (χ2n) is 4.14. The molecule has 4 nitrogen and oxygen atoms in total. The summed E-state index contributed by atoms with van der Waals surface area (Å²) < 4.78 is 23.4. The number of halogens is 1. The first-order valence-corrected chi connectivity index (χ1v) is 8.65. The Labute approximate surface area is 124 Å². The monoisotopic (exact) mass is 348 g/mol. The third kappa shape index (κ3) is 3.58. The van der Waals surface area contributed by atoms with Gasteiger partial charge in [0.2, 0.25) is 0 Å². The molecular weight excluding hydrogens is 328 g/mol. The van der Waals surface area contributed by atoms with Crippen molar-refractivity contribution in [3.8, 4) is 5.75 Å². The zero-order chi connectivity index (χ0) is 14.5. The predicted octanol–water partition coefficient (Wildman–Crippen LogP) is 2.63. The van der Waals surface area contributed by atoms with Gasteiger partial charge in [-0.1, -0.05) is 6.92 Å². The molecule has 0 N–H and O–H groups in total. The highest BCUT2D eigenvalue weighted by Crippen LogP contribution is 2.27. The smallest absolute Gasteiger partial charge is 0.492 e. The standard InChI is InChI=1S/C13H21BrO4Si/c1-6-7-18-13-11(14)8-10(2)9-12(13)19(15-3,16-4)17-5/h8-9H,6-7H2,1-5H3. The van der Waals surface area contributed by atoms with Crippen molar-refractivity contribution in [2.45, 2.75) is 20.3 Å². The highest BCUT2D eigenvalue weighted by Gasteiger charge is 2.44. The summed E-state index contributed by atoms with van der Waals surface area (Å²) in [7, 11) is 1.88. The Morgan fingerprint density at radius 3 is 2.16 bits per heavy atom. The van der Waals surface area contributed by atoms with Gasteiger partial charge in [-0.05, 0) is 47.0 Å². The molecule has 1 aromatic rings. The van der Waals surface area contributed by atoms with Gasteiger partial charge in [0.1, 0.15) is 5.75 Å². The van der Waals surface area contributed by atoms with Gasteiger partial charge in [0, 0.05) is 21.3 Å². The van der Waals surface area contributed by atoms with Crippen molar-refractivity contribution in [1.82, 2.24) is 0 Å². The molecule has 0 unspecified atom stereocenters. The Hall–Kier alpha value is -0.403. The first-order valence-electron chi connectivity index (χ1n) is 6.13. The molecule has 0 aliphatic heterocycles. The Kier molecular flexibility index (Phi) is 6.48. The maximum absolute atomic E-state index is 5.83. The van der Waals surface area contributed by atoms with E-state index in [1.807, 2.05) is 19.1 Å². The topological polar surface area (TPSA) is 36.9 Å². The average Bonchev–Trinajstić information content (AvgIpc) is 2.40. The van der Waals surface area contributed by atoms with Gasteiger partial charge in [0.25, 0.3) is 0 Å². The highest BCUT2D eigenvalue weighted by molar-refractivity contribution is 9.10. The number of rotatable bonds is 7. The van der Waals surface area contributed by atoms with E-state index in [1.54, 1.807) is 21.3 Å². The molecule has 0 saturated carbocycles. The molecule has 6 heteroatoms. The van der Waals surface area contributed by atoms with Crippen molar-refractivity contribution in [3.63, 3.8) is 0 Å². The molecule has 0 amide bonds. The lowest BCUT2D eigenvalue weighted by Crippen LogP contribution is -2.55. The SMILES string of the molecule is CCCOc1c(Br)cc(C)cc1[Si](OC)(OC)OC. The second-order valence-corrected chi connectivity index (χ2v) is 7.87. The summed E-state index contributed by atoms with van der Waals surface area (Å²) in [6.45, 7) is 4.71. The van der Waals surface area contributed by atoms with Crippen LogP contribution in [0.3, 0.4) is 0 Å². The summed E-state index contributed by atoms with van der Waals surface area (Å²) in [5.41, 5.74) is 1.09. The molecule has 0 saturated heterocycles. The van der Waals surface area contributed by atoms with E-state index in [4.69, 9.17) is 18.0 Å². The summed E-state index contributed by atoms with van der Waals surface area (Å²) in [4.78, 5) is 0. The van der Waals surface area contributed by atoms with E-state index in [-0.39, 0.29) is 0 Å². The van der Waals surface area contributed by atoms with Crippen LogP contribution in [0.1, 0.15) is 18.9 Å². The molecule has 0 bridgehead atoms. The van der Waals surface area contributed by atoms with E-state index >= 15 is 0 Å². The largest absolute Gasteiger partial charge is 0.540 e. The van der Waals surface area contributed by atoms with Crippen molar-refractivity contribution in [2.75, 3.05) is 27.9 Å². The lowest BCUT2D eigenvalue weighted by atomic mass is 10.2. The fraction of sp³-hybridized carbons (Fsp3) is 0.538. The molecule has 108 valence electrons. The molecular formula is C13H21BrO4Si. The summed E-state index contributed by atoms with van der Waals surface area (Å²) in [6, 6.07) is 4.01. The molecule has 19 heavy (non-hydrogen) atoms. The van der Waals surface area contributed by atoms with E-state index in [0.717, 1.165) is 27.4 Å². The van der Waals surface area contributed by atoms with Crippen molar-refractivity contribution in [3.05, 3.63) is 22.2 Å². The number of ether oxygens (including phenoxy) is 1. The van der Waals surface area contributed by atoms with Gasteiger partial charge in [-0.2, -0.15) is 0 Å². The van der Waals surface area contributed by atoms with Crippen molar-refractivity contribution in [1.29, 1.82) is 0 Å². The second kappa shape index (κ2) is 7.40. The Bertz CT molecular complexity index is 413. The summed E-state index contributed by atoms with van der Waals surface area (Å²) >= 11 is 3.54. The van der Waals surface area contributed by atoms with Crippen molar-refractivity contribution >= 4 is 29.9 Å². The van der Waals surface area contributed by atoms with Crippen LogP contribution < -0.4 is 9.92 Å². The van der Waals surface area contributed by atoms with Crippen LogP contribution in [0.4, 0.5) is 0 Å². The molecule has 1 aromatic carbocycles. The number of aryl methyl sites for hydroxylation is 1. The molecule has 0 radical (unpaired) electrons. The molecule has 0 aliphatic rings. The summed E-state index contributed by atoms with van der Waals surface area (Å²) in [5.74, 6) is 0.740. The van der Waals surface area contributed by atoms with Crippen LogP contribution >= 0.6 is 15.9 Å². The fourth-order valence-electron chi connectivity index (χ4n) is 1.89. The third-order valence-corrected chi connectivity index (χ3v) is 6.01. The first-order chi connectivity index (χ1) is 9.04. The number of hydrogen-bond donors (Lipinski definition) is 0. The van der Waals surface area contributed by atoms with Gasteiger partial charge < -0.3 is 18.0 Å². The minimum Gasteiger partial charge on any atom is -0.492 e.